The molecule has 0 aliphatic rings. The van der Waals surface area contributed by atoms with Gasteiger partial charge in [0.15, 0.2) is 6.04 Å². The number of carbonyl (C=O) groups is 1. The second-order valence-electron chi connectivity index (χ2n) is 7.36. The highest BCUT2D eigenvalue weighted by Gasteiger charge is 2.26. The lowest BCUT2D eigenvalue weighted by Gasteiger charge is -2.19. The van der Waals surface area contributed by atoms with Gasteiger partial charge in [-0.3, -0.25) is 4.79 Å². The number of nitrogens with one attached hydrogen (secondary N) is 1. The first-order valence-electron chi connectivity index (χ1n) is 9.97. The van der Waals surface area contributed by atoms with Gasteiger partial charge in [0, 0.05) is 11.5 Å². The predicted molar refractivity (Wildman–Crippen MR) is 117 cm³/mol. The molecule has 0 spiro atoms. The molecule has 0 aliphatic heterocycles. The molecule has 1 amide bonds. The van der Waals surface area contributed by atoms with Crippen molar-refractivity contribution in [3.05, 3.63) is 95.6 Å². The zero-order chi connectivity index (χ0) is 20.6. The van der Waals surface area contributed by atoms with E-state index in [1.54, 1.807) is 7.11 Å². The van der Waals surface area contributed by atoms with Crippen LogP contribution in [0.25, 0.3) is 0 Å². The summed E-state index contributed by atoms with van der Waals surface area (Å²) in [5.41, 5.74) is 4.02. The number of amides is 1. The number of quaternary nitrogens is 1. The number of methoxy groups -OCH3 is 1. The van der Waals surface area contributed by atoms with E-state index in [4.69, 9.17) is 4.74 Å². The van der Waals surface area contributed by atoms with Gasteiger partial charge in [0.25, 0.3) is 5.91 Å². The van der Waals surface area contributed by atoms with Crippen LogP contribution in [0, 0.1) is 6.92 Å². The first kappa shape index (κ1) is 20.6. The summed E-state index contributed by atoms with van der Waals surface area (Å²) < 4.78 is 5.42. The molecular weight excluding hydrogens is 360 g/mol. The minimum Gasteiger partial charge on any atom is -0.495 e. The van der Waals surface area contributed by atoms with E-state index in [9.17, 15) is 4.79 Å². The van der Waals surface area contributed by atoms with Gasteiger partial charge in [-0.2, -0.15) is 0 Å². The van der Waals surface area contributed by atoms with Gasteiger partial charge in [0.05, 0.1) is 19.3 Å². The maximum Gasteiger partial charge on any atom is 0.287 e. The lowest BCUT2D eigenvalue weighted by atomic mass is 9.99. The van der Waals surface area contributed by atoms with Gasteiger partial charge in [-0.15, -0.1) is 0 Å². The van der Waals surface area contributed by atoms with Crippen LogP contribution in [0.1, 0.15) is 35.6 Å². The summed E-state index contributed by atoms with van der Waals surface area (Å²) in [6, 6.07) is 25.7. The van der Waals surface area contributed by atoms with Crippen LogP contribution in [0.5, 0.6) is 5.75 Å². The molecule has 0 aromatic heterocycles. The van der Waals surface area contributed by atoms with E-state index >= 15 is 0 Å². The van der Waals surface area contributed by atoms with Crippen molar-refractivity contribution in [2.75, 3.05) is 19.0 Å². The average Bonchev–Trinajstić information content (AvgIpc) is 2.75. The Balaban J connectivity index is 1.79. The molecular formula is C25H29N2O2+. The van der Waals surface area contributed by atoms with Crippen molar-refractivity contribution in [3.8, 4) is 5.75 Å². The summed E-state index contributed by atoms with van der Waals surface area (Å²) in [7, 11) is 1.61. The van der Waals surface area contributed by atoms with Crippen LogP contribution >= 0.6 is 0 Å². The van der Waals surface area contributed by atoms with Gasteiger partial charge in [-0.25, -0.2) is 0 Å². The zero-order valence-electron chi connectivity index (χ0n) is 17.3. The van der Waals surface area contributed by atoms with Crippen LogP contribution in [-0.2, 0) is 4.79 Å². The van der Waals surface area contributed by atoms with E-state index in [0.717, 1.165) is 17.7 Å². The number of anilines is 1. The van der Waals surface area contributed by atoms with Crippen LogP contribution < -0.4 is 15.4 Å². The molecule has 0 radical (unpaired) electrons. The highest BCUT2D eigenvalue weighted by Crippen LogP contribution is 2.26. The minimum absolute atomic E-state index is 0.0552. The molecule has 4 nitrogen and oxygen atoms in total. The number of hydrogen-bond acceptors (Lipinski definition) is 2. The van der Waals surface area contributed by atoms with Crippen molar-refractivity contribution in [2.45, 2.75) is 25.8 Å². The van der Waals surface area contributed by atoms with Crippen molar-refractivity contribution in [1.29, 1.82) is 0 Å². The Kier molecular flexibility index (Phi) is 7.04. The first-order valence-corrected chi connectivity index (χ1v) is 9.97. The summed E-state index contributed by atoms with van der Waals surface area (Å²) in [6.45, 7) is 4.99. The zero-order valence-corrected chi connectivity index (χ0v) is 17.3. The second-order valence-corrected chi connectivity index (χ2v) is 7.36. The summed E-state index contributed by atoms with van der Waals surface area (Å²) in [6.07, 6.45) is 0. The number of hydrogen-bond donors (Lipinski definition) is 2. The standard InChI is InChI=1S/C25H28N2O2/c1-18-14-15-23(29-3)22(16-18)27-25(28)24(21-12-8-5-9-13-21)26-17-19(2)20-10-6-4-7-11-20/h4-16,19,24,26H,17H2,1-3H3,(H,27,28)/p+1/t19-,24+/m0/s1. The lowest BCUT2D eigenvalue weighted by Crippen LogP contribution is -2.88. The molecule has 150 valence electrons. The Bertz CT molecular complexity index is 926. The van der Waals surface area contributed by atoms with Crippen molar-refractivity contribution >= 4 is 11.6 Å². The van der Waals surface area contributed by atoms with E-state index < -0.39 is 0 Å². The maximum absolute atomic E-state index is 13.2. The fourth-order valence-electron chi connectivity index (χ4n) is 3.44. The molecule has 0 aliphatic carbocycles. The summed E-state index contributed by atoms with van der Waals surface area (Å²) in [5, 5.41) is 5.18. The maximum atomic E-state index is 13.2. The third-order valence-electron chi connectivity index (χ3n) is 5.15. The van der Waals surface area contributed by atoms with Crippen LogP contribution in [0.4, 0.5) is 5.69 Å². The SMILES string of the molecule is COc1ccc(C)cc1NC(=O)[C@H]([NH2+]C[C@H](C)c1ccccc1)c1ccccc1. The van der Waals surface area contributed by atoms with E-state index in [-0.39, 0.29) is 11.9 Å². The van der Waals surface area contributed by atoms with Gasteiger partial charge in [-0.05, 0) is 30.2 Å². The molecule has 0 saturated heterocycles. The fraction of sp³-hybridized carbons (Fsp3) is 0.240. The van der Waals surface area contributed by atoms with E-state index in [1.807, 2.05) is 61.5 Å². The van der Waals surface area contributed by atoms with Crippen LogP contribution in [0.3, 0.4) is 0 Å². The molecule has 0 saturated carbocycles. The Morgan fingerprint density at radius 2 is 1.59 bits per heavy atom. The highest BCUT2D eigenvalue weighted by molar-refractivity contribution is 5.95. The van der Waals surface area contributed by atoms with Crippen LogP contribution in [0.15, 0.2) is 78.9 Å². The Morgan fingerprint density at radius 3 is 2.21 bits per heavy atom. The summed E-state index contributed by atoms with van der Waals surface area (Å²) in [5.74, 6) is 0.942. The van der Waals surface area contributed by atoms with Gasteiger partial charge in [-0.1, -0.05) is 73.7 Å². The molecule has 3 N–H and O–H groups in total. The van der Waals surface area contributed by atoms with Crippen molar-refractivity contribution in [1.82, 2.24) is 0 Å². The number of aryl methyl sites for hydroxylation is 1. The molecule has 29 heavy (non-hydrogen) atoms. The number of ether oxygens (including phenoxy) is 1. The van der Waals surface area contributed by atoms with Crippen LogP contribution in [-0.4, -0.2) is 19.6 Å². The third kappa shape index (κ3) is 5.46. The van der Waals surface area contributed by atoms with Gasteiger partial charge < -0.3 is 15.4 Å². The van der Waals surface area contributed by atoms with E-state index in [0.29, 0.717) is 17.4 Å². The molecule has 3 aromatic rings. The molecule has 0 unspecified atom stereocenters. The number of carbonyl (C=O) groups excluding carboxylic acids is 1. The van der Waals surface area contributed by atoms with E-state index in [1.165, 1.54) is 5.56 Å². The largest absolute Gasteiger partial charge is 0.495 e. The predicted octanol–water partition coefficient (Wildman–Crippen LogP) is 4.05. The molecule has 3 rings (SSSR count). The summed E-state index contributed by atoms with van der Waals surface area (Å²) in [4.78, 5) is 13.2. The monoisotopic (exact) mass is 389 g/mol. The van der Waals surface area contributed by atoms with Crippen LogP contribution in [0.2, 0.25) is 0 Å². The van der Waals surface area contributed by atoms with Crippen molar-refractivity contribution in [2.24, 2.45) is 0 Å². The average molecular weight is 390 g/mol. The molecule has 4 heteroatoms. The highest BCUT2D eigenvalue weighted by atomic mass is 16.5. The molecule has 2 atom stereocenters. The quantitative estimate of drug-likeness (QED) is 0.611. The lowest BCUT2D eigenvalue weighted by molar-refractivity contribution is -0.684. The molecule has 0 fully saturated rings. The molecule has 0 bridgehead atoms. The third-order valence-corrected chi connectivity index (χ3v) is 5.15. The van der Waals surface area contributed by atoms with Gasteiger partial charge >= 0.3 is 0 Å². The Hall–Kier alpha value is -3.11. The fourth-order valence-corrected chi connectivity index (χ4v) is 3.44. The summed E-state index contributed by atoms with van der Waals surface area (Å²) >= 11 is 0. The molecule has 3 aromatic carbocycles. The minimum atomic E-state index is -0.340. The number of rotatable bonds is 8. The second kappa shape index (κ2) is 9.89. The smallest absolute Gasteiger partial charge is 0.287 e. The molecule has 0 heterocycles. The first-order chi connectivity index (χ1) is 14.1. The Labute approximate surface area is 172 Å². The number of nitrogens with two attached hydrogens (primary N) is 1. The normalized spacial score (nSPS) is 12.8. The topological polar surface area (TPSA) is 54.9 Å². The van der Waals surface area contributed by atoms with Crippen molar-refractivity contribution < 1.29 is 14.8 Å². The Morgan fingerprint density at radius 1 is 0.966 bits per heavy atom. The van der Waals surface area contributed by atoms with Gasteiger partial charge in [0.2, 0.25) is 0 Å². The van der Waals surface area contributed by atoms with E-state index in [2.05, 4.69) is 41.8 Å². The number of benzene rings is 3. The van der Waals surface area contributed by atoms with Crippen molar-refractivity contribution in [3.63, 3.8) is 0 Å². The van der Waals surface area contributed by atoms with Gasteiger partial charge in [0.1, 0.15) is 5.75 Å².